The molecule has 3 amide bonds. The van der Waals surface area contributed by atoms with Gasteiger partial charge >= 0.3 is 0 Å². The van der Waals surface area contributed by atoms with Crippen LogP contribution in [0.2, 0.25) is 0 Å². The number of aromatic nitrogens is 1. The summed E-state index contributed by atoms with van der Waals surface area (Å²) >= 11 is 1.19. The number of carbonyl (C=O) groups is 3. The molecule has 12 heteroatoms. The Morgan fingerprint density at radius 3 is 2.32 bits per heavy atom. The predicted octanol–water partition coefficient (Wildman–Crippen LogP) is 5.60. The summed E-state index contributed by atoms with van der Waals surface area (Å²) < 4.78 is 0. The van der Waals surface area contributed by atoms with Crippen LogP contribution in [0, 0.1) is 17.8 Å². The van der Waals surface area contributed by atoms with Crippen LogP contribution in [0.1, 0.15) is 119 Å². The van der Waals surface area contributed by atoms with Gasteiger partial charge in [-0.1, -0.05) is 74.0 Å². The molecule has 0 radical (unpaired) electrons. The second-order valence-electron chi connectivity index (χ2n) is 14.2. The molecular weight excluding hydrogens is 655 g/mol. The molecule has 1 aromatic carbocycles. The number of fused-ring (bicyclic) bond motifs is 1. The molecule has 50 heavy (non-hydrogen) atoms. The summed E-state index contributed by atoms with van der Waals surface area (Å²) in [6.45, 7) is 18.2. The van der Waals surface area contributed by atoms with E-state index in [9.17, 15) is 29.7 Å². The van der Waals surface area contributed by atoms with Crippen LogP contribution >= 0.6 is 11.3 Å². The lowest BCUT2D eigenvalue weighted by atomic mass is 9.79. The molecule has 0 fully saturated rings. The van der Waals surface area contributed by atoms with E-state index in [2.05, 4.69) is 27.5 Å². The molecule has 0 spiro atoms. The minimum Gasteiger partial charge on any atom is -0.512 e. The van der Waals surface area contributed by atoms with Gasteiger partial charge in [0.25, 0.3) is 5.91 Å². The standard InChI is InChI=1S/C38H59N5O6S/c1-10-15-43(38(49)34(23(7)12-3)42-36(48)33(39-9)22(6)11-2)31(21(4)5)19-32(46)37-41-30(20-50-37)35(47)40-26-16-25-13-14-27(45)18-29(25)28(17-26)24(8)44/h13-14,18,20-23,26,28,31-34,39,44-46H,8,10-12,15-17,19H2,1-7,9H3,(H,40,47)(H,42,48)/t22-,23-,26-,28-,31+,32+,33+,34-/m0/s1. The maximum Gasteiger partial charge on any atom is 0.270 e. The Morgan fingerprint density at radius 2 is 1.74 bits per heavy atom. The summed E-state index contributed by atoms with van der Waals surface area (Å²) in [4.78, 5) is 47.4. The first-order valence-corrected chi connectivity index (χ1v) is 19.0. The van der Waals surface area contributed by atoms with E-state index in [1.165, 1.54) is 11.3 Å². The maximum atomic E-state index is 14.3. The first-order chi connectivity index (χ1) is 23.7. The molecule has 0 aliphatic heterocycles. The van der Waals surface area contributed by atoms with E-state index in [1.807, 2.05) is 53.4 Å². The highest BCUT2D eigenvalue weighted by molar-refractivity contribution is 7.09. The number of aromatic hydroxyl groups is 1. The van der Waals surface area contributed by atoms with Crippen LogP contribution in [0.15, 0.2) is 35.9 Å². The molecule has 1 heterocycles. The van der Waals surface area contributed by atoms with Crippen molar-refractivity contribution in [1.29, 1.82) is 0 Å². The average molecular weight is 714 g/mol. The summed E-state index contributed by atoms with van der Waals surface area (Å²) in [7, 11) is 1.76. The van der Waals surface area contributed by atoms with E-state index in [4.69, 9.17) is 0 Å². The number of phenols is 1. The van der Waals surface area contributed by atoms with Crippen molar-refractivity contribution in [3.05, 3.63) is 57.7 Å². The summed E-state index contributed by atoms with van der Waals surface area (Å²) in [6, 6.07) is 3.23. The normalized spacial score (nSPS) is 19.4. The molecule has 1 aliphatic rings. The fourth-order valence-corrected chi connectivity index (χ4v) is 7.66. The smallest absolute Gasteiger partial charge is 0.270 e. The minimum atomic E-state index is -1.02. The van der Waals surface area contributed by atoms with E-state index < -0.39 is 24.1 Å². The van der Waals surface area contributed by atoms with Crippen molar-refractivity contribution in [2.24, 2.45) is 17.8 Å². The van der Waals surface area contributed by atoms with Crippen LogP contribution in [-0.4, -0.2) is 80.7 Å². The number of hydrogen-bond acceptors (Lipinski definition) is 9. The lowest BCUT2D eigenvalue weighted by Crippen LogP contribution is -2.58. The highest BCUT2D eigenvalue weighted by Gasteiger charge is 2.37. The predicted molar refractivity (Wildman–Crippen MR) is 198 cm³/mol. The third kappa shape index (κ3) is 10.1. The van der Waals surface area contributed by atoms with Gasteiger partial charge in [-0.3, -0.25) is 14.4 Å². The van der Waals surface area contributed by atoms with Gasteiger partial charge in [0.05, 0.1) is 11.8 Å². The summed E-state index contributed by atoms with van der Waals surface area (Å²) in [6.07, 6.45) is 2.36. The molecule has 1 aliphatic carbocycles. The molecular formula is C38H59N5O6S. The van der Waals surface area contributed by atoms with Crippen LogP contribution in [0.4, 0.5) is 0 Å². The van der Waals surface area contributed by atoms with Gasteiger partial charge in [-0.25, -0.2) is 4.98 Å². The Hall–Kier alpha value is -3.48. The number of phenolic OH excluding ortho intramolecular Hbond substituents is 1. The summed E-state index contributed by atoms with van der Waals surface area (Å²) in [5.41, 5.74) is 1.89. The van der Waals surface area contributed by atoms with Crippen LogP contribution in [-0.2, 0) is 16.0 Å². The number of nitrogens with zero attached hydrogens (tertiary/aromatic N) is 2. The first kappa shape index (κ1) is 40.9. The van der Waals surface area contributed by atoms with E-state index in [1.54, 1.807) is 30.6 Å². The van der Waals surface area contributed by atoms with Gasteiger partial charge in [-0.2, -0.15) is 0 Å². The molecule has 8 atom stereocenters. The largest absolute Gasteiger partial charge is 0.512 e. The maximum absolute atomic E-state index is 14.3. The lowest BCUT2D eigenvalue weighted by molar-refractivity contribution is -0.142. The van der Waals surface area contributed by atoms with Crippen LogP contribution in [0.3, 0.4) is 0 Å². The van der Waals surface area contributed by atoms with E-state index in [0.717, 1.165) is 17.5 Å². The van der Waals surface area contributed by atoms with Crippen LogP contribution in [0.5, 0.6) is 5.75 Å². The van der Waals surface area contributed by atoms with Crippen molar-refractivity contribution in [1.82, 2.24) is 25.8 Å². The van der Waals surface area contributed by atoms with Gasteiger partial charge in [0.15, 0.2) is 0 Å². The molecule has 0 unspecified atom stereocenters. The van der Waals surface area contributed by atoms with Gasteiger partial charge in [-0.15, -0.1) is 11.3 Å². The lowest BCUT2D eigenvalue weighted by Gasteiger charge is -2.39. The number of hydrogen-bond donors (Lipinski definition) is 6. The third-order valence-electron chi connectivity index (χ3n) is 10.2. The Labute approximate surface area is 302 Å². The first-order valence-electron chi connectivity index (χ1n) is 18.1. The summed E-state index contributed by atoms with van der Waals surface area (Å²) in [5.74, 6) is -1.11. The van der Waals surface area contributed by atoms with E-state index in [0.29, 0.717) is 37.2 Å². The number of aliphatic hydroxyl groups excluding tert-OH is 2. The number of benzene rings is 1. The van der Waals surface area contributed by atoms with Gasteiger partial charge in [0, 0.05) is 36.3 Å². The van der Waals surface area contributed by atoms with Crippen molar-refractivity contribution >= 4 is 29.1 Å². The Morgan fingerprint density at radius 1 is 1.08 bits per heavy atom. The topological polar surface area (TPSA) is 164 Å². The number of amides is 3. The number of rotatable bonds is 18. The molecule has 278 valence electrons. The zero-order chi connectivity index (χ0) is 37.3. The van der Waals surface area contributed by atoms with Crippen molar-refractivity contribution in [2.75, 3.05) is 13.6 Å². The van der Waals surface area contributed by atoms with Crippen LogP contribution in [0.25, 0.3) is 0 Å². The van der Waals surface area contributed by atoms with Crippen molar-refractivity contribution < 1.29 is 29.7 Å². The molecule has 1 aromatic heterocycles. The molecule has 11 nitrogen and oxygen atoms in total. The zero-order valence-corrected chi connectivity index (χ0v) is 31.8. The fourth-order valence-electron chi connectivity index (χ4n) is 6.87. The summed E-state index contributed by atoms with van der Waals surface area (Å²) in [5, 5.41) is 42.9. The van der Waals surface area contributed by atoms with Gasteiger partial charge in [0.2, 0.25) is 11.8 Å². The average Bonchev–Trinajstić information content (AvgIpc) is 3.59. The van der Waals surface area contributed by atoms with Crippen molar-refractivity contribution in [3.63, 3.8) is 0 Å². The number of aliphatic hydroxyl groups is 2. The van der Waals surface area contributed by atoms with E-state index in [-0.39, 0.29) is 71.2 Å². The molecule has 2 aromatic rings. The van der Waals surface area contributed by atoms with Crippen molar-refractivity contribution in [2.45, 2.75) is 123 Å². The Bertz CT molecular complexity index is 1460. The molecule has 0 saturated heterocycles. The molecule has 0 saturated carbocycles. The quantitative estimate of drug-likeness (QED) is 0.109. The van der Waals surface area contributed by atoms with Gasteiger partial charge in [0.1, 0.15) is 28.6 Å². The number of thiazole rings is 1. The number of nitrogens with one attached hydrogen (secondary N) is 3. The second kappa shape index (κ2) is 18.7. The fraction of sp³-hybridized carbons (Fsp3) is 0.632. The number of carbonyl (C=O) groups excluding carboxylic acids is 3. The SMILES string of the molecule is C=C(O)[C@@H]1C[C@@H](NC(=O)c2csc([C@H](O)C[C@H](C(C)C)N(CCC)C(=O)[C@@H](NC(=O)[C@H](NC)[C@@H](C)CC)[C@@H](C)CC)n2)Cc2ccc(O)cc21. The highest BCUT2D eigenvalue weighted by atomic mass is 32.1. The van der Waals surface area contributed by atoms with Crippen molar-refractivity contribution in [3.8, 4) is 5.75 Å². The van der Waals surface area contributed by atoms with Crippen LogP contribution < -0.4 is 16.0 Å². The second-order valence-corrected chi connectivity index (χ2v) is 15.1. The molecule has 6 N–H and O–H groups in total. The van der Waals surface area contributed by atoms with Gasteiger partial charge < -0.3 is 36.2 Å². The third-order valence-corrected chi connectivity index (χ3v) is 11.2. The highest BCUT2D eigenvalue weighted by Crippen LogP contribution is 2.37. The minimum absolute atomic E-state index is 0.00773. The Balaban J connectivity index is 1.77. The Kier molecular flexibility index (Phi) is 15.3. The number of allylic oxidation sites excluding steroid dienone is 1. The zero-order valence-electron chi connectivity index (χ0n) is 31.0. The monoisotopic (exact) mass is 713 g/mol. The molecule has 3 rings (SSSR count). The molecule has 0 bridgehead atoms. The van der Waals surface area contributed by atoms with Gasteiger partial charge in [-0.05, 0) is 67.3 Å². The number of likely N-dealkylation sites (N-methyl/N-ethyl adjacent to an activating group) is 1. The van der Waals surface area contributed by atoms with E-state index >= 15 is 0 Å².